The number of aliphatic carboxylic acids is 1. The van der Waals surface area contributed by atoms with Crippen LogP contribution < -0.4 is 0 Å². The van der Waals surface area contributed by atoms with Crippen molar-refractivity contribution in [1.29, 1.82) is 0 Å². The molecule has 0 radical (unpaired) electrons. The first-order chi connectivity index (χ1) is 10.8. The van der Waals surface area contributed by atoms with Crippen LogP contribution in [0.5, 0.6) is 0 Å². The summed E-state index contributed by atoms with van der Waals surface area (Å²) in [6.07, 6.45) is 2.13. The quantitative estimate of drug-likeness (QED) is 0.648. The molecule has 1 N–H and O–H groups in total. The summed E-state index contributed by atoms with van der Waals surface area (Å²) in [6, 6.07) is 4.83. The van der Waals surface area contributed by atoms with E-state index in [-0.39, 0.29) is 10.2 Å². The van der Waals surface area contributed by atoms with Crippen molar-refractivity contribution in [3.63, 3.8) is 0 Å². The van der Waals surface area contributed by atoms with Gasteiger partial charge in [0.05, 0.1) is 4.91 Å². The molecule has 1 aliphatic rings. The molecule has 1 amide bonds. The fourth-order valence-electron chi connectivity index (χ4n) is 2.30. The highest BCUT2D eigenvalue weighted by Gasteiger charge is 2.42. The second kappa shape index (κ2) is 7.23. The number of halogens is 1. The molecule has 1 aromatic rings. The highest BCUT2D eigenvalue weighted by atomic mass is 32.2. The average molecular weight is 353 g/mol. The van der Waals surface area contributed by atoms with E-state index in [9.17, 15) is 19.1 Å². The van der Waals surface area contributed by atoms with Crippen molar-refractivity contribution in [2.45, 2.75) is 26.3 Å². The molecule has 1 fully saturated rings. The van der Waals surface area contributed by atoms with Gasteiger partial charge in [0.1, 0.15) is 16.2 Å². The largest absolute Gasteiger partial charge is 0.480 e. The summed E-state index contributed by atoms with van der Waals surface area (Å²) in [7, 11) is 0. The van der Waals surface area contributed by atoms with E-state index in [0.717, 1.165) is 16.7 Å². The van der Waals surface area contributed by atoms with Gasteiger partial charge in [-0.2, -0.15) is 0 Å². The molecule has 2 rings (SSSR count). The maximum absolute atomic E-state index is 13.2. The highest BCUT2D eigenvalue weighted by Crippen LogP contribution is 2.36. The fourth-order valence-corrected chi connectivity index (χ4v) is 3.63. The first-order valence-electron chi connectivity index (χ1n) is 7.10. The molecule has 1 aromatic carbocycles. The number of thiocarbonyl (C=S) groups is 1. The standard InChI is InChI=1S/C16H16FNO3S2/c1-3-9(2)13(15(20)21)18-14(19)12(23-16(18)22)8-10-5-4-6-11(17)7-10/h4-9,13H,3H2,1-2H3,(H,20,21). The molecular formula is C16H16FNO3S2. The summed E-state index contributed by atoms with van der Waals surface area (Å²) < 4.78 is 13.5. The Bertz CT molecular complexity index is 690. The van der Waals surface area contributed by atoms with Gasteiger partial charge in [-0.3, -0.25) is 9.69 Å². The zero-order chi connectivity index (χ0) is 17.1. The third-order valence-electron chi connectivity index (χ3n) is 3.68. The number of carbonyl (C=O) groups is 2. The van der Waals surface area contributed by atoms with Gasteiger partial charge in [0.2, 0.25) is 0 Å². The molecule has 0 aromatic heterocycles. The Morgan fingerprint density at radius 2 is 2.22 bits per heavy atom. The van der Waals surface area contributed by atoms with E-state index in [1.807, 2.05) is 6.92 Å². The first kappa shape index (κ1) is 17.6. The Balaban J connectivity index is 2.34. The van der Waals surface area contributed by atoms with Crippen LogP contribution >= 0.6 is 24.0 Å². The second-order valence-electron chi connectivity index (χ2n) is 5.28. The first-order valence-corrected chi connectivity index (χ1v) is 8.33. The van der Waals surface area contributed by atoms with E-state index in [1.165, 1.54) is 18.2 Å². The Morgan fingerprint density at radius 3 is 2.78 bits per heavy atom. The summed E-state index contributed by atoms with van der Waals surface area (Å²) in [6.45, 7) is 3.63. The number of carboxylic acids is 1. The van der Waals surface area contributed by atoms with E-state index >= 15 is 0 Å². The summed E-state index contributed by atoms with van der Waals surface area (Å²) in [5.74, 6) is -2.17. The normalized spacial score (nSPS) is 19.3. The van der Waals surface area contributed by atoms with Crippen molar-refractivity contribution in [1.82, 2.24) is 4.90 Å². The van der Waals surface area contributed by atoms with Gasteiger partial charge in [0, 0.05) is 0 Å². The van der Waals surface area contributed by atoms with Gasteiger partial charge in [-0.25, -0.2) is 9.18 Å². The lowest BCUT2D eigenvalue weighted by atomic mass is 9.98. The molecule has 1 heterocycles. The lowest BCUT2D eigenvalue weighted by Gasteiger charge is -2.27. The van der Waals surface area contributed by atoms with E-state index in [2.05, 4.69) is 0 Å². The Kier molecular flexibility index (Phi) is 5.54. The molecule has 0 aliphatic carbocycles. The van der Waals surface area contributed by atoms with Crippen molar-refractivity contribution < 1.29 is 19.1 Å². The maximum atomic E-state index is 13.2. The molecule has 23 heavy (non-hydrogen) atoms. The molecule has 4 nitrogen and oxygen atoms in total. The monoisotopic (exact) mass is 353 g/mol. The topological polar surface area (TPSA) is 57.6 Å². The summed E-state index contributed by atoms with van der Waals surface area (Å²) in [4.78, 5) is 25.6. The van der Waals surface area contributed by atoms with Gasteiger partial charge in [0.15, 0.2) is 0 Å². The summed E-state index contributed by atoms with van der Waals surface area (Å²) in [5, 5.41) is 9.45. The van der Waals surface area contributed by atoms with E-state index < -0.39 is 23.7 Å². The number of benzene rings is 1. The van der Waals surface area contributed by atoms with Crippen molar-refractivity contribution >= 4 is 46.3 Å². The van der Waals surface area contributed by atoms with Crippen molar-refractivity contribution in [3.05, 3.63) is 40.6 Å². The number of carboxylic acid groups (broad SMARTS) is 1. The van der Waals surface area contributed by atoms with Crippen LogP contribution in [0.15, 0.2) is 29.2 Å². The molecule has 1 saturated heterocycles. The zero-order valence-electron chi connectivity index (χ0n) is 12.7. The smallest absolute Gasteiger partial charge is 0.327 e. The van der Waals surface area contributed by atoms with Crippen molar-refractivity contribution in [2.75, 3.05) is 0 Å². The minimum atomic E-state index is -1.08. The Hall–Kier alpha value is -1.73. The number of nitrogens with zero attached hydrogens (tertiary/aromatic N) is 1. The lowest BCUT2D eigenvalue weighted by Crippen LogP contribution is -2.47. The van der Waals surface area contributed by atoms with Crippen LogP contribution in [0.1, 0.15) is 25.8 Å². The molecule has 122 valence electrons. The van der Waals surface area contributed by atoms with Gasteiger partial charge in [-0.15, -0.1) is 0 Å². The third kappa shape index (κ3) is 3.79. The van der Waals surface area contributed by atoms with Gasteiger partial charge in [0.25, 0.3) is 5.91 Å². The predicted octanol–water partition coefficient (Wildman–Crippen LogP) is 3.53. The van der Waals surface area contributed by atoms with Crippen LogP contribution in [0, 0.1) is 11.7 Å². The summed E-state index contributed by atoms with van der Waals surface area (Å²) in [5.41, 5.74) is 0.529. The molecule has 0 bridgehead atoms. The van der Waals surface area contributed by atoms with E-state index in [0.29, 0.717) is 16.9 Å². The summed E-state index contributed by atoms with van der Waals surface area (Å²) >= 11 is 6.23. The molecule has 7 heteroatoms. The Labute approximate surface area is 143 Å². The molecular weight excluding hydrogens is 337 g/mol. The second-order valence-corrected chi connectivity index (χ2v) is 6.95. The van der Waals surface area contributed by atoms with Crippen molar-refractivity contribution in [3.8, 4) is 0 Å². The molecule has 2 unspecified atom stereocenters. The van der Waals surface area contributed by atoms with Crippen LogP contribution in [-0.4, -0.2) is 32.2 Å². The van der Waals surface area contributed by atoms with E-state index in [1.54, 1.807) is 19.1 Å². The number of carbonyl (C=O) groups excluding carboxylic acids is 1. The highest BCUT2D eigenvalue weighted by molar-refractivity contribution is 8.26. The van der Waals surface area contributed by atoms with Crippen LogP contribution in [-0.2, 0) is 9.59 Å². The number of rotatable bonds is 5. The van der Waals surface area contributed by atoms with Crippen LogP contribution in [0.3, 0.4) is 0 Å². The predicted molar refractivity (Wildman–Crippen MR) is 92.3 cm³/mol. The average Bonchev–Trinajstić information content (AvgIpc) is 2.75. The number of hydrogen-bond donors (Lipinski definition) is 1. The van der Waals surface area contributed by atoms with Gasteiger partial charge >= 0.3 is 5.97 Å². The third-order valence-corrected chi connectivity index (χ3v) is 5.01. The minimum absolute atomic E-state index is 0.213. The maximum Gasteiger partial charge on any atom is 0.327 e. The van der Waals surface area contributed by atoms with Crippen molar-refractivity contribution in [2.24, 2.45) is 5.92 Å². The van der Waals surface area contributed by atoms with Crippen LogP contribution in [0.4, 0.5) is 4.39 Å². The van der Waals surface area contributed by atoms with Gasteiger partial charge < -0.3 is 5.11 Å². The minimum Gasteiger partial charge on any atom is -0.480 e. The van der Waals surface area contributed by atoms with Gasteiger partial charge in [-0.05, 0) is 29.7 Å². The number of thioether (sulfide) groups is 1. The fraction of sp³-hybridized carbons (Fsp3) is 0.312. The van der Waals surface area contributed by atoms with Crippen LogP contribution in [0.25, 0.3) is 6.08 Å². The zero-order valence-corrected chi connectivity index (χ0v) is 14.3. The van der Waals surface area contributed by atoms with Crippen LogP contribution in [0.2, 0.25) is 0 Å². The molecule has 2 atom stereocenters. The number of hydrogen-bond acceptors (Lipinski definition) is 4. The Morgan fingerprint density at radius 1 is 1.52 bits per heavy atom. The lowest BCUT2D eigenvalue weighted by molar-refractivity contribution is -0.147. The molecule has 0 spiro atoms. The molecule has 1 aliphatic heterocycles. The van der Waals surface area contributed by atoms with Gasteiger partial charge in [-0.1, -0.05) is 56.4 Å². The van der Waals surface area contributed by atoms with E-state index in [4.69, 9.17) is 12.2 Å². The molecule has 0 saturated carbocycles. The SMILES string of the molecule is CCC(C)C(C(=O)O)N1C(=O)C(=Cc2cccc(F)c2)SC1=S. The number of amides is 1.